The van der Waals surface area contributed by atoms with Crippen LogP contribution in [0.15, 0.2) is 24.4 Å². The van der Waals surface area contributed by atoms with E-state index in [1.807, 2.05) is 13.8 Å². The summed E-state index contributed by atoms with van der Waals surface area (Å²) < 4.78 is 39.1. The molecule has 2 aliphatic heterocycles. The van der Waals surface area contributed by atoms with Gasteiger partial charge in [-0.25, -0.2) is 23.5 Å². The Hall–Kier alpha value is -2.92. The topological polar surface area (TPSA) is 115 Å². The Morgan fingerprint density at radius 1 is 1.32 bits per heavy atom. The van der Waals surface area contributed by atoms with E-state index in [0.29, 0.717) is 36.0 Å². The molecule has 1 saturated heterocycles. The Morgan fingerprint density at radius 3 is 2.77 bits per heavy atom. The molecule has 0 bridgehead atoms. The normalized spacial score (nSPS) is 20.1. The van der Waals surface area contributed by atoms with Crippen LogP contribution in [-0.2, 0) is 11.3 Å². The third-order valence-electron chi connectivity index (χ3n) is 5.44. The molecular weight excluding hydrogens is 412 g/mol. The minimum absolute atomic E-state index is 0.0872. The molecular formula is C20H25F2N5O4. The molecule has 9 nitrogen and oxygen atoms in total. The van der Waals surface area contributed by atoms with Crippen molar-refractivity contribution in [2.24, 2.45) is 11.7 Å². The highest BCUT2D eigenvalue weighted by Gasteiger charge is 2.42. The van der Waals surface area contributed by atoms with Crippen molar-refractivity contribution >= 4 is 17.6 Å². The van der Waals surface area contributed by atoms with Crippen molar-refractivity contribution in [3.63, 3.8) is 0 Å². The number of hydrogen-bond acceptors (Lipinski definition) is 7. The SMILES string of the molecule is CC(C)[C@H](Nc1ccc2c(c1)OCCn1cc(N3C(=O)OC[C@H]3C(F)F)nc1-2)C(N)O. The summed E-state index contributed by atoms with van der Waals surface area (Å²) in [6.07, 6.45) is -3.07. The molecule has 4 rings (SSSR count). The number of alkyl halides is 2. The van der Waals surface area contributed by atoms with Crippen LogP contribution in [0.2, 0.25) is 0 Å². The number of aliphatic hydroxyl groups excluding tert-OH is 1. The van der Waals surface area contributed by atoms with E-state index in [1.54, 1.807) is 29.0 Å². The fourth-order valence-corrected chi connectivity index (χ4v) is 3.80. The van der Waals surface area contributed by atoms with E-state index in [-0.39, 0.29) is 24.4 Å². The summed E-state index contributed by atoms with van der Waals surface area (Å²) in [5.41, 5.74) is 7.04. The molecule has 1 unspecified atom stereocenters. The number of aliphatic hydroxyl groups is 1. The number of carbonyl (C=O) groups excluding carboxylic acids is 1. The molecule has 0 aliphatic carbocycles. The summed E-state index contributed by atoms with van der Waals surface area (Å²) >= 11 is 0. The predicted molar refractivity (Wildman–Crippen MR) is 109 cm³/mol. The zero-order valence-corrected chi connectivity index (χ0v) is 17.2. The number of amides is 1. The molecule has 1 aromatic carbocycles. The molecule has 0 spiro atoms. The van der Waals surface area contributed by atoms with Gasteiger partial charge < -0.3 is 30.2 Å². The number of imidazole rings is 1. The van der Waals surface area contributed by atoms with E-state index in [2.05, 4.69) is 10.3 Å². The van der Waals surface area contributed by atoms with Gasteiger partial charge in [0, 0.05) is 18.0 Å². The Labute approximate surface area is 177 Å². The smallest absolute Gasteiger partial charge is 0.416 e. The maximum absolute atomic E-state index is 13.3. The second kappa shape index (κ2) is 8.31. The largest absolute Gasteiger partial charge is 0.491 e. The first-order chi connectivity index (χ1) is 14.8. The minimum atomic E-state index is -2.75. The molecule has 0 saturated carbocycles. The Morgan fingerprint density at radius 2 is 2.10 bits per heavy atom. The van der Waals surface area contributed by atoms with E-state index in [0.717, 1.165) is 4.90 Å². The molecule has 4 N–H and O–H groups in total. The third-order valence-corrected chi connectivity index (χ3v) is 5.44. The van der Waals surface area contributed by atoms with Gasteiger partial charge in [-0.05, 0) is 18.1 Å². The number of carbonyl (C=O) groups is 1. The van der Waals surface area contributed by atoms with Crippen LogP contribution in [-0.4, -0.2) is 58.7 Å². The van der Waals surface area contributed by atoms with Gasteiger partial charge >= 0.3 is 6.09 Å². The summed E-state index contributed by atoms with van der Waals surface area (Å²) in [5.74, 6) is 1.25. The number of fused-ring (bicyclic) bond motifs is 3. The number of hydrogen-bond donors (Lipinski definition) is 3. The monoisotopic (exact) mass is 437 g/mol. The molecule has 2 aromatic rings. The van der Waals surface area contributed by atoms with Gasteiger partial charge in [0.15, 0.2) is 5.82 Å². The minimum Gasteiger partial charge on any atom is -0.491 e. The first-order valence-corrected chi connectivity index (χ1v) is 10.0. The molecule has 3 atom stereocenters. The molecule has 31 heavy (non-hydrogen) atoms. The summed E-state index contributed by atoms with van der Waals surface area (Å²) in [5, 5.41) is 13.0. The fraction of sp³-hybridized carbons (Fsp3) is 0.500. The van der Waals surface area contributed by atoms with Gasteiger partial charge in [-0.2, -0.15) is 0 Å². The first kappa shape index (κ1) is 21.3. The van der Waals surface area contributed by atoms with Crippen LogP contribution in [0.1, 0.15) is 13.8 Å². The molecule has 168 valence electrons. The van der Waals surface area contributed by atoms with Crippen molar-refractivity contribution in [2.45, 2.75) is 45.1 Å². The number of anilines is 2. The van der Waals surface area contributed by atoms with E-state index in [1.165, 1.54) is 0 Å². The Bertz CT molecular complexity index is 957. The number of nitrogens with two attached hydrogens (primary N) is 1. The quantitative estimate of drug-likeness (QED) is 0.594. The number of halogens is 2. The van der Waals surface area contributed by atoms with Crippen LogP contribution in [0, 0.1) is 5.92 Å². The van der Waals surface area contributed by atoms with Crippen molar-refractivity contribution in [3.8, 4) is 17.1 Å². The number of nitrogens with zero attached hydrogens (tertiary/aromatic N) is 3. The van der Waals surface area contributed by atoms with E-state index < -0.39 is 24.8 Å². The summed E-state index contributed by atoms with van der Waals surface area (Å²) in [6, 6.07) is 3.65. The summed E-state index contributed by atoms with van der Waals surface area (Å²) in [7, 11) is 0. The lowest BCUT2D eigenvalue weighted by Crippen LogP contribution is -2.43. The van der Waals surface area contributed by atoms with Crippen molar-refractivity contribution in [2.75, 3.05) is 23.4 Å². The Balaban J connectivity index is 1.66. The van der Waals surface area contributed by atoms with Gasteiger partial charge in [-0.1, -0.05) is 13.8 Å². The van der Waals surface area contributed by atoms with Crippen molar-refractivity contribution < 1.29 is 28.2 Å². The maximum Gasteiger partial charge on any atom is 0.416 e. The zero-order valence-electron chi connectivity index (χ0n) is 17.2. The molecule has 0 radical (unpaired) electrons. The van der Waals surface area contributed by atoms with Crippen LogP contribution in [0.5, 0.6) is 5.75 Å². The third kappa shape index (κ3) is 4.02. The highest BCUT2D eigenvalue weighted by Crippen LogP contribution is 2.37. The lowest BCUT2D eigenvalue weighted by atomic mass is 10.0. The second-order valence-corrected chi connectivity index (χ2v) is 7.93. The van der Waals surface area contributed by atoms with Crippen molar-refractivity contribution in [3.05, 3.63) is 24.4 Å². The second-order valence-electron chi connectivity index (χ2n) is 7.93. The van der Waals surface area contributed by atoms with Crippen molar-refractivity contribution in [1.82, 2.24) is 9.55 Å². The molecule has 1 amide bonds. The first-order valence-electron chi connectivity index (χ1n) is 10.0. The van der Waals surface area contributed by atoms with Gasteiger partial charge in [0.2, 0.25) is 0 Å². The maximum atomic E-state index is 13.3. The average Bonchev–Trinajstić information content (AvgIpc) is 3.25. The highest BCUT2D eigenvalue weighted by atomic mass is 19.3. The van der Waals surface area contributed by atoms with Crippen LogP contribution >= 0.6 is 0 Å². The van der Waals surface area contributed by atoms with Gasteiger partial charge in [0.25, 0.3) is 6.43 Å². The highest BCUT2D eigenvalue weighted by molar-refractivity contribution is 5.89. The average molecular weight is 437 g/mol. The molecule has 1 aromatic heterocycles. The van der Waals surface area contributed by atoms with Gasteiger partial charge in [-0.3, -0.25) is 0 Å². The van der Waals surface area contributed by atoms with Crippen LogP contribution < -0.4 is 20.7 Å². The summed E-state index contributed by atoms with van der Waals surface area (Å²) in [4.78, 5) is 17.4. The molecule has 3 heterocycles. The fourth-order valence-electron chi connectivity index (χ4n) is 3.80. The lowest BCUT2D eigenvalue weighted by Gasteiger charge is -2.26. The number of benzene rings is 1. The number of rotatable bonds is 6. The summed E-state index contributed by atoms with van der Waals surface area (Å²) in [6.45, 7) is 4.27. The van der Waals surface area contributed by atoms with E-state index in [9.17, 15) is 18.7 Å². The Kier molecular flexibility index (Phi) is 5.71. The van der Waals surface area contributed by atoms with E-state index in [4.69, 9.17) is 15.2 Å². The van der Waals surface area contributed by atoms with Crippen LogP contribution in [0.25, 0.3) is 11.4 Å². The van der Waals surface area contributed by atoms with Crippen LogP contribution in [0.3, 0.4) is 0 Å². The molecule has 2 aliphatic rings. The van der Waals surface area contributed by atoms with Gasteiger partial charge in [0.05, 0.1) is 18.2 Å². The number of cyclic esters (lactones) is 1. The number of ether oxygens (including phenoxy) is 2. The standard InChI is InChI=1S/C20H25F2N5O4/c1-10(2)16(18(23)28)24-11-3-4-12-14(7-11)30-6-5-26-8-15(25-19(12)26)27-13(17(21)22)9-31-20(27)29/h3-4,7-8,10,13,16-18,24,28H,5-6,9,23H2,1-2H3/t13-,16-,18?/m0/s1. The lowest BCUT2D eigenvalue weighted by molar-refractivity contribution is 0.104. The predicted octanol–water partition coefficient (Wildman–Crippen LogP) is 2.25. The number of nitrogens with one attached hydrogen (secondary N) is 1. The van der Waals surface area contributed by atoms with Gasteiger partial charge in [0.1, 0.15) is 37.1 Å². The van der Waals surface area contributed by atoms with Crippen LogP contribution in [0.4, 0.5) is 25.1 Å². The van der Waals surface area contributed by atoms with Crippen molar-refractivity contribution in [1.29, 1.82) is 0 Å². The zero-order chi connectivity index (χ0) is 22.3. The number of aromatic nitrogens is 2. The van der Waals surface area contributed by atoms with E-state index >= 15 is 0 Å². The van der Waals surface area contributed by atoms with Gasteiger partial charge in [-0.15, -0.1) is 0 Å². The molecule has 11 heteroatoms. The molecule has 1 fully saturated rings.